The van der Waals surface area contributed by atoms with Gasteiger partial charge in [-0.2, -0.15) is 0 Å². The Hall–Kier alpha value is 0.130. The second-order valence-corrected chi connectivity index (χ2v) is 5.37. The third-order valence-corrected chi connectivity index (χ3v) is 3.14. The van der Waals surface area contributed by atoms with Gasteiger partial charge in [0.25, 0.3) is 0 Å². The maximum atomic E-state index is 5.86. The van der Waals surface area contributed by atoms with E-state index in [4.69, 9.17) is 15.7 Å². The van der Waals surface area contributed by atoms with Crippen LogP contribution < -0.4 is 0 Å². The summed E-state index contributed by atoms with van der Waals surface area (Å²) >= 11 is 0. The molecule has 2 heteroatoms. The summed E-state index contributed by atoms with van der Waals surface area (Å²) in [5, 5.41) is -0.373. The third-order valence-electron chi connectivity index (χ3n) is 3.14. The van der Waals surface area contributed by atoms with Crippen LogP contribution >= 0.6 is 0 Å². The van der Waals surface area contributed by atoms with E-state index in [1.807, 2.05) is 0 Å². The molecule has 1 saturated carbocycles. The highest BCUT2D eigenvalue weighted by atomic mass is 14.3. The van der Waals surface area contributed by atoms with Crippen molar-refractivity contribution in [1.29, 1.82) is 0 Å². The molecule has 0 spiro atoms. The molecule has 0 aromatic heterocycles. The van der Waals surface area contributed by atoms with Crippen molar-refractivity contribution in [3.63, 3.8) is 0 Å². The van der Waals surface area contributed by atoms with Crippen LogP contribution in [0.3, 0.4) is 0 Å². The molecule has 0 unspecified atom stereocenters. The van der Waals surface area contributed by atoms with Crippen molar-refractivity contribution in [2.75, 3.05) is 0 Å². The molecule has 0 aromatic rings. The maximum Gasteiger partial charge on any atom is 0.0620 e. The Morgan fingerprint density at radius 3 is 1.83 bits per heavy atom. The predicted molar refractivity (Wildman–Crippen MR) is 55.6 cm³/mol. The van der Waals surface area contributed by atoms with E-state index in [1.165, 1.54) is 12.8 Å². The zero-order valence-electron chi connectivity index (χ0n) is 8.56. The fourth-order valence-corrected chi connectivity index (χ4v) is 2.02. The lowest BCUT2D eigenvalue weighted by Gasteiger charge is -2.41. The molecule has 1 aliphatic rings. The van der Waals surface area contributed by atoms with E-state index in [0.29, 0.717) is 5.41 Å². The Bertz CT molecular complexity index is 146. The summed E-state index contributed by atoms with van der Waals surface area (Å²) in [6, 6.07) is 0. The van der Waals surface area contributed by atoms with Crippen LogP contribution in [-0.4, -0.2) is 15.7 Å². The zero-order chi connectivity index (χ0) is 9.41. The third kappa shape index (κ3) is 2.57. The molecular weight excluding hydrogens is 142 g/mol. The van der Waals surface area contributed by atoms with Crippen molar-refractivity contribution in [1.82, 2.24) is 0 Å². The van der Waals surface area contributed by atoms with Gasteiger partial charge in [-0.15, -0.1) is 0 Å². The van der Waals surface area contributed by atoms with Gasteiger partial charge in [-0.05, 0) is 11.3 Å². The van der Waals surface area contributed by atoms with Crippen molar-refractivity contribution < 1.29 is 0 Å². The van der Waals surface area contributed by atoms with Gasteiger partial charge in [0.05, 0.1) is 15.7 Å². The zero-order valence-corrected chi connectivity index (χ0v) is 8.56. The van der Waals surface area contributed by atoms with E-state index < -0.39 is 0 Å². The van der Waals surface area contributed by atoms with Crippen LogP contribution in [-0.2, 0) is 0 Å². The lowest BCUT2D eigenvalue weighted by Crippen LogP contribution is -2.29. The highest BCUT2D eigenvalue weighted by Gasteiger charge is 2.32. The number of rotatable bonds is 0. The van der Waals surface area contributed by atoms with Gasteiger partial charge in [0.1, 0.15) is 0 Å². The number of hydrogen-bond donors (Lipinski definition) is 0. The van der Waals surface area contributed by atoms with Gasteiger partial charge in [0.2, 0.25) is 0 Å². The summed E-state index contributed by atoms with van der Waals surface area (Å²) in [6.07, 6.45) is 4.34. The molecule has 1 fully saturated rings. The fourth-order valence-electron chi connectivity index (χ4n) is 2.02. The molecular formula is C10H18B2. The quantitative estimate of drug-likeness (QED) is 0.477. The highest BCUT2D eigenvalue weighted by molar-refractivity contribution is 6.39. The van der Waals surface area contributed by atoms with Crippen LogP contribution in [0.15, 0.2) is 0 Å². The normalized spacial score (nSPS) is 25.6. The van der Waals surface area contributed by atoms with Gasteiger partial charge in [0, 0.05) is 0 Å². The number of hydrogen-bond acceptors (Lipinski definition) is 0. The molecule has 4 radical (unpaired) electrons. The molecule has 1 rings (SSSR count). The molecule has 0 aliphatic heterocycles. The van der Waals surface area contributed by atoms with Crippen LogP contribution in [0.1, 0.15) is 46.5 Å². The van der Waals surface area contributed by atoms with Crippen LogP contribution in [0.25, 0.3) is 0 Å². The van der Waals surface area contributed by atoms with Crippen molar-refractivity contribution >= 4 is 15.7 Å². The average molecular weight is 160 g/mol. The second kappa shape index (κ2) is 3.12. The Morgan fingerprint density at radius 2 is 1.50 bits per heavy atom. The molecule has 0 bridgehead atoms. The van der Waals surface area contributed by atoms with Gasteiger partial charge in [-0.25, -0.2) is 0 Å². The Morgan fingerprint density at radius 1 is 1.08 bits per heavy atom. The van der Waals surface area contributed by atoms with Crippen molar-refractivity contribution in [3.05, 3.63) is 0 Å². The van der Waals surface area contributed by atoms with E-state index in [9.17, 15) is 0 Å². The van der Waals surface area contributed by atoms with Gasteiger partial charge in [-0.1, -0.05) is 51.7 Å². The topological polar surface area (TPSA) is 0 Å². The van der Waals surface area contributed by atoms with Gasteiger partial charge < -0.3 is 0 Å². The smallest absolute Gasteiger partial charge is 0.0620 e. The summed E-state index contributed by atoms with van der Waals surface area (Å²) < 4.78 is 0. The Labute approximate surface area is 79.3 Å². The minimum absolute atomic E-state index is 0.373. The molecule has 0 atom stereocenters. The van der Waals surface area contributed by atoms with Crippen LogP contribution in [0, 0.1) is 11.3 Å². The molecule has 0 nitrogen and oxygen atoms in total. The highest BCUT2D eigenvalue weighted by Crippen LogP contribution is 2.45. The molecule has 1 aliphatic carbocycles. The maximum absolute atomic E-state index is 5.86. The lowest BCUT2D eigenvalue weighted by molar-refractivity contribution is 0.173. The SMILES string of the molecule is [B]C1([B])CCC(C(C)(C)C)CC1. The van der Waals surface area contributed by atoms with Gasteiger partial charge >= 0.3 is 0 Å². The largest absolute Gasteiger partial charge is 0.0989 e. The molecule has 12 heavy (non-hydrogen) atoms. The predicted octanol–water partition coefficient (Wildman–Crippen LogP) is 2.68. The summed E-state index contributed by atoms with van der Waals surface area (Å²) in [6.45, 7) is 6.91. The standard InChI is InChI=1S/C10H18B2/c1-9(2,3)8-4-6-10(11,12)7-5-8/h8H,4-7H2,1-3H3. The fraction of sp³-hybridized carbons (Fsp3) is 1.00. The molecule has 64 valence electrons. The molecule has 0 aromatic carbocycles. The first-order valence-electron chi connectivity index (χ1n) is 4.89. The van der Waals surface area contributed by atoms with Crippen LogP contribution in [0.5, 0.6) is 0 Å². The van der Waals surface area contributed by atoms with E-state index >= 15 is 0 Å². The average Bonchev–Trinajstić information content (AvgIpc) is 1.83. The molecule has 0 heterocycles. The van der Waals surface area contributed by atoms with E-state index in [0.717, 1.165) is 18.8 Å². The second-order valence-electron chi connectivity index (χ2n) is 5.37. The summed E-state index contributed by atoms with van der Waals surface area (Å²) in [5.41, 5.74) is 0.427. The summed E-state index contributed by atoms with van der Waals surface area (Å²) in [7, 11) is 11.7. The van der Waals surface area contributed by atoms with Gasteiger partial charge in [0.15, 0.2) is 0 Å². The van der Waals surface area contributed by atoms with Gasteiger partial charge in [-0.3, -0.25) is 0 Å². The molecule has 0 saturated heterocycles. The van der Waals surface area contributed by atoms with E-state index in [-0.39, 0.29) is 5.21 Å². The summed E-state index contributed by atoms with van der Waals surface area (Å²) in [4.78, 5) is 0. The van der Waals surface area contributed by atoms with Crippen molar-refractivity contribution in [2.24, 2.45) is 11.3 Å². The lowest BCUT2D eigenvalue weighted by atomic mass is 9.46. The van der Waals surface area contributed by atoms with Crippen molar-refractivity contribution in [2.45, 2.75) is 51.7 Å². The molecule has 0 amide bonds. The summed E-state index contributed by atoms with van der Waals surface area (Å²) in [5.74, 6) is 0.803. The van der Waals surface area contributed by atoms with Crippen LogP contribution in [0.4, 0.5) is 0 Å². The van der Waals surface area contributed by atoms with Crippen molar-refractivity contribution in [3.8, 4) is 0 Å². The van der Waals surface area contributed by atoms with Crippen LogP contribution in [0.2, 0.25) is 5.21 Å². The Kier molecular flexibility index (Phi) is 2.66. The minimum atomic E-state index is -0.373. The first-order chi connectivity index (χ1) is 5.31. The Balaban J connectivity index is 2.47. The first kappa shape index (κ1) is 10.2. The van der Waals surface area contributed by atoms with E-state index in [1.54, 1.807) is 0 Å². The first-order valence-corrected chi connectivity index (χ1v) is 4.89. The minimum Gasteiger partial charge on any atom is -0.0989 e. The molecule has 0 N–H and O–H groups in total. The van der Waals surface area contributed by atoms with E-state index in [2.05, 4.69) is 20.8 Å². The monoisotopic (exact) mass is 160 g/mol.